The van der Waals surface area contributed by atoms with Crippen LogP contribution in [0.2, 0.25) is 0 Å². The molecule has 0 atom stereocenters. The lowest BCUT2D eigenvalue weighted by Gasteiger charge is -2.35. The van der Waals surface area contributed by atoms with Gasteiger partial charge in [-0.25, -0.2) is 4.79 Å². The van der Waals surface area contributed by atoms with Crippen molar-refractivity contribution in [2.24, 2.45) is 10.7 Å². The molecule has 1 aliphatic heterocycles. The average molecular weight is 517 g/mol. The molecule has 1 amide bonds. The van der Waals surface area contributed by atoms with Crippen LogP contribution in [-0.4, -0.2) is 66.7 Å². The van der Waals surface area contributed by atoms with Crippen molar-refractivity contribution in [1.29, 1.82) is 0 Å². The van der Waals surface area contributed by atoms with E-state index in [2.05, 4.69) is 47.3 Å². The Morgan fingerprint density at radius 1 is 1.14 bits per heavy atom. The maximum atomic E-state index is 12.1. The Morgan fingerprint density at radius 3 is 2.28 bits per heavy atom. The molecule has 3 N–H and O–H groups in total. The second kappa shape index (κ2) is 11.6. The van der Waals surface area contributed by atoms with Gasteiger partial charge in [0.25, 0.3) is 0 Å². The summed E-state index contributed by atoms with van der Waals surface area (Å²) in [5, 5.41) is 3.15. The third-order valence-electron chi connectivity index (χ3n) is 4.43. The highest BCUT2D eigenvalue weighted by Gasteiger charge is 2.25. The molecule has 1 aromatic carbocycles. The maximum absolute atomic E-state index is 12.1. The molecule has 29 heavy (non-hydrogen) atoms. The van der Waals surface area contributed by atoms with Crippen LogP contribution in [-0.2, 0) is 4.74 Å². The minimum absolute atomic E-state index is 0. The Balaban J connectivity index is 0.00000420. The van der Waals surface area contributed by atoms with Gasteiger partial charge in [-0.05, 0) is 64.3 Å². The van der Waals surface area contributed by atoms with Gasteiger partial charge in [-0.15, -0.1) is 24.0 Å². The summed E-state index contributed by atoms with van der Waals surface area (Å²) in [6, 6.07) is 6.24. The quantitative estimate of drug-likeness (QED) is 0.270. The average Bonchev–Trinajstić information content (AvgIpc) is 2.57. The molecule has 1 heterocycles. The molecular weight excluding hydrogens is 481 g/mol. The third-order valence-corrected chi connectivity index (χ3v) is 4.43. The molecule has 0 aromatic heterocycles. The van der Waals surface area contributed by atoms with Crippen LogP contribution in [0.5, 0.6) is 0 Å². The van der Waals surface area contributed by atoms with Crippen LogP contribution in [0.4, 0.5) is 10.5 Å². The van der Waals surface area contributed by atoms with Crippen LogP contribution < -0.4 is 11.1 Å². The molecule has 0 radical (unpaired) electrons. The number of rotatable bonds is 5. The summed E-state index contributed by atoms with van der Waals surface area (Å²) < 4.78 is 5.43. The topological polar surface area (TPSA) is 83.2 Å². The Kier molecular flexibility index (Phi) is 10.2. The zero-order valence-electron chi connectivity index (χ0n) is 18.3. The summed E-state index contributed by atoms with van der Waals surface area (Å²) in [5.41, 5.74) is 8.91. The first-order chi connectivity index (χ1) is 13.1. The summed E-state index contributed by atoms with van der Waals surface area (Å²) in [7, 11) is 0. The first-order valence-electron chi connectivity index (χ1n) is 9.98. The lowest BCUT2D eigenvalue weighted by Crippen LogP contribution is -2.50. The van der Waals surface area contributed by atoms with Crippen molar-refractivity contribution in [3.05, 3.63) is 29.3 Å². The molecule has 1 aromatic rings. The summed E-state index contributed by atoms with van der Waals surface area (Å²) in [5.74, 6) is 0.444. The Bertz CT molecular complexity index is 675. The van der Waals surface area contributed by atoms with E-state index >= 15 is 0 Å². The van der Waals surface area contributed by atoms with Crippen molar-refractivity contribution in [3.8, 4) is 0 Å². The van der Waals surface area contributed by atoms with Crippen molar-refractivity contribution < 1.29 is 9.53 Å². The number of aryl methyl sites for hydroxylation is 2. The van der Waals surface area contributed by atoms with Crippen molar-refractivity contribution in [2.75, 3.05) is 44.6 Å². The molecule has 164 valence electrons. The second-order valence-corrected chi connectivity index (χ2v) is 8.43. The molecule has 0 aliphatic carbocycles. The van der Waals surface area contributed by atoms with Crippen molar-refractivity contribution >= 4 is 41.7 Å². The molecule has 0 bridgehead atoms. The molecule has 0 saturated carbocycles. The van der Waals surface area contributed by atoms with E-state index in [1.54, 1.807) is 4.90 Å². The number of carbonyl (C=O) groups is 1. The number of carbonyl (C=O) groups excluding carboxylic acids is 1. The number of ether oxygens (including phenoxy) is 1. The minimum atomic E-state index is -0.447. The number of anilines is 1. The van der Waals surface area contributed by atoms with E-state index in [1.807, 2.05) is 20.8 Å². The highest BCUT2D eigenvalue weighted by atomic mass is 127. The van der Waals surface area contributed by atoms with Gasteiger partial charge >= 0.3 is 6.09 Å². The highest BCUT2D eigenvalue weighted by Crippen LogP contribution is 2.14. The van der Waals surface area contributed by atoms with Crippen LogP contribution in [0.1, 0.15) is 38.3 Å². The molecule has 0 spiro atoms. The minimum Gasteiger partial charge on any atom is -0.444 e. The van der Waals surface area contributed by atoms with Gasteiger partial charge in [-0.3, -0.25) is 9.89 Å². The first kappa shape index (κ1) is 25.5. The largest absolute Gasteiger partial charge is 0.444 e. The number of nitrogens with one attached hydrogen (secondary N) is 1. The molecule has 7 nitrogen and oxygen atoms in total. The number of piperazine rings is 1. The Labute approximate surface area is 192 Å². The number of hydrogen-bond donors (Lipinski definition) is 2. The van der Waals surface area contributed by atoms with Crippen LogP contribution >= 0.6 is 24.0 Å². The summed E-state index contributed by atoms with van der Waals surface area (Å²) in [6.07, 6.45) is 0.712. The number of guanidine groups is 1. The van der Waals surface area contributed by atoms with Gasteiger partial charge in [0, 0.05) is 45.0 Å². The van der Waals surface area contributed by atoms with Gasteiger partial charge in [-0.1, -0.05) is 6.07 Å². The van der Waals surface area contributed by atoms with E-state index in [1.165, 1.54) is 11.1 Å². The smallest absolute Gasteiger partial charge is 0.410 e. The van der Waals surface area contributed by atoms with E-state index < -0.39 is 5.60 Å². The van der Waals surface area contributed by atoms with Gasteiger partial charge in [0.2, 0.25) is 0 Å². The van der Waals surface area contributed by atoms with Gasteiger partial charge in [-0.2, -0.15) is 0 Å². The van der Waals surface area contributed by atoms with Crippen LogP contribution in [0.25, 0.3) is 0 Å². The van der Waals surface area contributed by atoms with Crippen molar-refractivity contribution in [3.63, 3.8) is 0 Å². The normalized spacial score (nSPS) is 15.6. The van der Waals surface area contributed by atoms with E-state index in [-0.39, 0.29) is 30.1 Å². The van der Waals surface area contributed by atoms with E-state index in [0.717, 1.165) is 31.7 Å². The van der Waals surface area contributed by atoms with E-state index in [0.29, 0.717) is 25.6 Å². The standard InChI is InChI=1S/C21H35N5O2.HI/c1-16-13-17(2)15-18(14-16)24-19(22)23-7-6-8-25-9-11-26(12-10-25)20(27)28-21(3,4)5;/h13-15H,6-12H2,1-5H3,(H3,22,23,24);1H. The number of amides is 1. The van der Waals surface area contributed by atoms with Gasteiger partial charge in [0.15, 0.2) is 5.96 Å². The fraction of sp³-hybridized carbons (Fsp3) is 0.619. The SMILES string of the molecule is Cc1cc(C)cc(NC(N)=NCCCN2CCN(C(=O)OC(C)(C)C)CC2)c1.I. The molecular formula is C21H36IN5O2. The number of hydrogen-bond acceptors (Lipinski definition) is 4. The Hall–Kier alpha value is -1.55. The molecule has 2 rings (SSSR count). The Morgan fingerprint density at radius 2 is 1.72 bits per heavy atom. The molecule has 1 fully saturated rings. The van der Waals surface area contributed by atoms with Crippen molar-refractivity contribution in [1.82, 2.24) is 9.80 Å². The van der Waals surface area contributed by atoms with Gasteiger partial charge < -0.3 is 20.7 Å². The maximum Gasteiger partial charge on any atom is 0.410 e. The third kappa shape index (κ3) is 9.66. The predicted molar refractivity (Wildman–Crippen MR) is 130 cm³/mol. The van der Waals surface area contributed by atoms with Crippen LogP contribution in [0.15, 0.2) is 23.2 Å². The van der Waals surface area contributed by atoms with Crippen LogP contribution in [0.3, 0.4) is 0 Å². The monoisotopic (exact) mass is 517 g/mol. The highest BCUT2D eigenvalue weighted by molar-refractivity contribution is 14.0. The van der Waals surface area contributed by atoms with Crippen molar-refractivity contribution in [2.45, 2.75) is 46.6 Å². The second-order valence-electron chi connectivity index (χ2n) is 8.43. The predicted octanol–water partition coefficient (Wildman–Crippen LogP) is 3.59. The first-order valence-corrected chi connectivity index (χ1v) is 9.98. The van der Waals surface area contributed by atoms with E-state index in [9.17, 15) is 4.79 Å². The fourth-order valence-corrected chi connectivity index (χ4v) is 3.21. The van der Waals surface area contributed by atoms with Crippen LogP contribution in [0, 0.1) is 13.8 Å². The number of aliphatic imine (C=N–C) groups is 1. The summed E-state index contributed by atoms with van der Waals surface area (Å²) in [6.45, 7) is 14.6. The lowest BCUT2D eigenvalue weighted by atomic mass is 10.1. The van der Waals surface area contributed by atoms with Gasteiger partial charge in [0.1, 0.15) is 5.60 Å². The van der Waals surface area contributed by atoms with E-state index in [4.69, 9.17) is 10.5 Å². The number of nitrogens with zero attached hydrogens (tertiary/aromatic N) is 3. The lowest BCUT2D eigenvalue weighted by molar-refractivity contribution is 0.0145. The molecule has 0 unspecified atom stereocenters. The molecule has 1 saturated heterocycles. The number of halogens is 1. The van der Waals surface area contributed by atoms with Gasteiger partial charge in [0.05, 0.1) is 0 Å². The number of benzene rings is 1. The number of nitrogens with two attached hydrogens (primary N) is 1. The zero-order chi connectivity index (χ0) is 20.7. The molecule has 8 heteroatoms. The zero-order valence-corrected chi connectivity index (χ0v) is 20.7. The summed E-state index contributed by atoms with van der Waals surface area (Å²) >= 11 is 0. The fourth-order valence-electron chi connectivity index (χ4n) is 3.21. The molecule has 1 aliphatic rings. The summed E-state index contributed by atoms with van der Waals surface area (Å²) in [4.78, 5) is 20.6.